The van der Waals surface area contributed by atoms with Crippen molar-refractivity contribution in [1.29, 1.82) is 0 Å². The predicted octanol–water partition coefficient (Wildman–Crippen LogP) is 15.7. The first-order valence-electron chi connectivity index (χ1n) is 20.3. The summed E-state index contributed by atoms with van der Waals surface area (Å²) in [7, 11) is 0. The van der Waals surface area contributed by atoms with Gasteiger partial charge in [-0.1, -0.05) is 135 Å². The highest BCUT2D eigenvalue weighted by Gasteiger charge is 2.25. The smallest absolute Gasteiger partial charge is 0.159 e. The van der Waals surface area contributed by atoms with Crippen molar-refractivity contribution in [2.24, 2.45) is 0 Å². The van der Waals surface area contributed by atoms with E-state index in [1.165, 1.54) is 21.9 Å². The van der Waals surface area contributed by atoms with Crippen molar-refractivity contribution in [2.45, 2.75) is 13.8 Å². The summed E-state index contributed by atoms with van der Waals surface area (Å²) >= 11 is 0. The van der Waals surface area contributed by atoms with E-state index in [-0.39, 0.29) is 0 Å². The van der Waals surface area contributed by atoms with Crippen LogP contribution in [0.2, 0.25) is 0 Å². The minimum Gasteiger partial charge on any atom is -0.455 e. The van der Waals surface area contributed by atoms with Gasteiger partial charge in [0.15, 0.2) is 5.58 Å². The fourth-order valence-electron chi connectivity index (χ4n) is 9.22. The summed E-state index contributed by atoms with van der Waals surface area (Å²) in [5.41, 5.74) is 16.3. The quantitative estimate of drug-likeness (QED) is 0.144. The number of para-hydroxylation sites is 2. The maximum Gasteiger partial charge on any atom is 0.159 e. The first kappa shape index (κ1) is 35.4. The lowest BCUT2D eigenvalue weighted by Crippen LogP contribution is -2.03. The van der Waals surface area contributed by atoms with Crippen LogP contribution in [0.3, 0.4) is 0 Å². The number of furan rings is 2. The maximum atomic E-state index is 7.35. The van der Waals surface area contributed by atoms with Crippen LogP contribution in [0.4, 0.5) is 0 Å². The SMILES string of the molecule is C=C/C=C\c1c(C)c(C)c(/C=C\C=C)n1-c1cc(-n2c3ccccc3c3ccccc32)cc2c1oc1c2ccc2oc3c(-c4ccccc4)cc(-c4ccccc4)cc3c21. The molecule has 11 aromatic rings. The summed E-state index contributed by atoms with van der Waals surface area (Å²) in [6.45, 7) is 12.4. The Balaban J connectivity index is 1.31. The average molecular weight is 773 g/mol. The molecule has 286 valence electrons. The Labute approximate surface area is 347 Å². The molecule has 0 N–H and O–H groups in total. The summed E-state index contributed by atoms with van der Waals surface area (Å²) < 4.78 is 18.9. The highest BCUT2D eigenvalue weighted by atomic mass is 16.3. The van der Waals surface area contributed by atoms with E-state index in [2.05, 4.69) is 194 Å². The van der Waals surface area contributed by atoms with Gasteiger partial charge in [0, 0.05) is 49.6 Å². The predicted molar refractivity (Wildman–Crippen MR) is 253 cm³/mol. The van der Waals surface area contributed by atoms with Crippen LogP contribution in [0.5, 0.6) is 0 Å². The van der Waals surface area contributed by atoms with Gasteiger partial charge >= 0.3 is 0 Å². The molecule has 11 rings (SSSR count). The Kier molecular flexibility index (Phi) is 8.21. The van der Waals surface area contributed by atoms with E-state index in [0.717, 1.165) is 99.9 Å². The van der Waals surface area contributed by atoms with Crippen molar-refractivity contribution < 1.29 is 8.83 Å². The molecular formula is C56H40N2O2. The van der Waals surface area contributed by atoms with Gasteiger partial charge in [0.2, 0.25) is 0 Å². The van der Waals surface area contributed by atoms with Gasteiger partial charge in [-0.15, -0.1) is 0 Å². The number of hydrogen-bond donors (Lipinski definition) is 0. The summed E-state index contributed by atoms with van der Waals surface area (Å²) in [5, 5.41) is 6.41. The molecule has 0 aliphatic carbocycles. The van der Waals surface area contributed by atoms with Crippen LogP contribution in [-0.2, 0) is 0 Å². The molecule has 4 heteroatoms. The molecule has 0 unspecified atom stereocenters. The van der Waals surface area contributed by atoms with Crippen LogP contribution in [0.25, 0.3) is 111 Å². The van der Waals surface area contributed by atoms with Gasteiger partial charge in [-0.3, -0.25) is 0 Å². The standard InChI is InChI=1S/C56H40N2O2/c1-5-7-25-47-35(3)36(4)48(26-8-6-2)58(47)51-34-40(57-49-27-17-15-23-41(49)42-24-16-18-28-50(42)57)33-45-43-29-30-52-53(56(43)60-55(45)51)46-32-39(37-19-11-9-12-20-37)31-44(54(46)59-52)38-21-13-10-14-22-38/h5-34H,1-2H2,3-4H3/b25-7-,26-8-. The second kappa shape index (κ2) is 13.9. The minimum atomic E-state index is 0.778. The van der Waals surface area contributed by atoms with Gasteiger partial charge < -0.3 is 18.0 Å². The Morgan fingerprint density at radius 1 is 0.467 bits per heavy atom. The van der Waals surface area contributed by atoms with E-state index < -0.39 is 0 Å². The molecular weight excluding hydrogens is 733 g/mol. The molecule has 0 atom stereocenters. The molecule has 0 fully saturated rings. The molecule has 4 heterocycles. The molecule has 0 spiro atoms. The molecule has 0 aliphatic heterocycles. The molecule has 4 aromatic heterocycles. The molecule has 0 saturated heterocycles. The molecule has 7 aromatic carbocycles. The monoisotopic (exact) mass is 772 g/mol. The zero-order valence-electron chi connectivity index (χ0n) is 33.4. The number of allylic oxidation sites excluding steroid dienone is 4. The van der Waals surface area contributed by atoms with E-state index in [0.29, 0.717) is 0 Å². The van der Waals surface area contributed by atoms with Crippen molar-refractivity contribution in [3.8, 4) is 33.6 Å². The Hall–Kier alpha value is -7.82. The van der Waals surface area contributed by atoms with Gasteiger partial charge in [-0.25, -0.2) is 0 Å². The first-order valence-corrected chi connectivity index (χ1v) is 20.3. The summed E-state index contributed by atoms with van der Waals surface area (Å²) in [6, 6.07) is 51.7. The lowest BCUT2D eigenvalue weighted by molar-refractivity contribution is 0.661. The number of aromatic nitrogens is 2. The minimum absolute atomic E-state index is 0.778. The number of hydrogen-bond acceptors (Lipinski definition) is 2. The van der Waals surface area contributed by atoms with Gasteiger partial charge in [0.1, 0.15) is 16.7 Å². The van der Waals surface area contributed by atoms with E-state index in [4.69, 9.17) is 8.83 Å². The zero-order valence-corrected chi connectivity index (χ0v) is 33.4. The van der Waals surface area contributed by atoms with E-state index in [9.17, 15) is 0 Å². The van der Waals surface area contributed by atoms with E-state index in [1.807, 2.05) is 24.3 Å². The molecule has 60 heavy (non-hydrogen) atoms. The second-order valence-corrected chi connectivity index (χ2v) is 15.4. The lowest BCUT2D eigenvalue weighted by Gasteiger charge is -2.15. The Morgan fingerprint density at radius 2 is 1.07 bits per heavy atom. The Bertz CT molecular complexity index is 3490. The normalized spacial score (nSPS) is 12.2. The largest absolute Gasteiger partial charge is 0.455 e. The van der Waals surface area contributed by atoms with Crippen molar-refractivity contribution in [3.63, 3.8) is 0 Å². The van der Waals surface area contributed by atoms with Crippen LogP contribution in [-0.4, -0.2) is 9.13 Å². The van der Waals surface area contributed by atoms with Crippen LogP contribution >= 0.6 is 0 Å². The zero-order chi connectivity index (χ0) is 40.5. The fraction of sp³-hybridized carbons (Fsp3) is 0.0357. The first-order chi connectivity index (χ1) is 29.5. The van der Waals surface area contributed by atoms with Crippen LogP contribution in [0, 0.1) is 13.8 Å². The molecule has 0 bridgehead atoms. The number of fused-ring (bicyclic) bond motifs is 10. The third kappa shape index (κ3) is 5.31. The maximum absolute atomic E-state index is 7.35. The highest BCUT2D eigenvalue weighted by Crippen LogP contribution is 2.46. The van der Waals surface area contributed by atoms with Crippen LogP contribution < -0.4 is 0 Å². The third-order valence-electron chi connectivity index (χ3n) is 12.1. The Morgan fingerprint density at radius 3 is 1.70 bits per heavy atom. The molecule has 4 nitrogen and oxygen atoms in total. The van der Waals surface area contributed by atoms with Crippen molar-refractivity contribution in [3.05, 3.63) is 206 Å². The molecule has 0 amide bonds. The van der Waals surface area contributed by atoms with Crippen molar-refractivity contribution >= 4 is 77.8 Å². The average Bonchev–Trinajstić information content (AvgIpc) is 4.02. The second-order valence-electron chi connectivity index (χ2n) is 15.4. The fourth-order valence-corrected chi connectivity index (χ4v) is 9.22. The van der Waals surface area contributed by atoms with E-state index in [1.54, 1.807) is 0 Å². The lowest BCUT2D eigenvalue weighted by atomic mass is 9.95. The number of benzene rings is 7. The van der Waals surface area contributed by atoms with Gasteiger partial charge in [0.25, 0.3) is 0 Å². The van der Waals surface area contributed by atoms with Gasteiger partial charge in [-0.2, -0.15) is 0 Å². The van der Waals surface area contributed by atoms with Crippen LogP contribution in [0.1, 0.15) is 22.5 Å². The van der Waals surface area contributed by atoms with Crippen molar-refractivity contribution in [1.82, 2.24) is 9.13 Å². The van der Waals surface area contributed by atoms with Crippen molar-refractivity contribution in [2.75, 3.05) is 0 Å². The van der Waals surface area contributed by atoms with Gasteiger partial charge in [0.05, 0.1) is 22.1 Å². The third-order valence-corrected chi connectivity index (χ3v) is 12.1. The molecule has 0 saturated carbocycles. The number of nitrogens with zero attached hydrogens (tertiary/aromatic N) is 2. The molecule has 0 radical (unpaired) electrons. The summed E-state index contributed by atoms with van der Waals surface area (Å²) in [4.78, 5) is 0. The molecule has 0 aliphatic rings. The highest BCUT2D eigenvalue weighted by molar-refractivity contribution is 6.24. The topological polar surface area (TPSA) is 36.1 Å². The van der Waals surface area contributed by atoms with E-state index >= 15 is 0 Å². The van der Waals surface area contributed by atoms with Gasteiger partial charge in [-0.05, 0) is 102 Å². The van der Waals surface area contributed by atoms with Crippen LogP contribution in [0.15, 0.2) is 192 Å². The summed E-state index contributed by atoms with van der Waals surface area (Å²) in [6.07, 6.45) is 11.9. The number of rotatable bonds is 8. The summed E-state index contributed by atoms with van der Waals surface area (Å²) in [5.74, 6) is 0.